The molecule has 0 saturated carbocycles. The molecule has 0 saturated heterocycles. The molecule has 0 bridgehead atoms. The zero-order valence-electron chi connectivity index (χ0n) is 15.4. The number of esters is 1. The molecule has 1 rings (SSSR count). The Hall–Kier alpha value is -2.14. The number of benzene rings is 1. The molecule has 1 amide bonds. The molecule has 0 atom stereocenters. The van der Waals surface area contributed by atoms with Crippen LogP contribution in [0.4, 0.5) is 0 Å². The average Bonchev–Trinajstić information content (AvgIpc) is 2.60. The molecule has 1 aromatic rings. The van der Waals surface area contributed by atoms with Crippen LogP contribution >= 0.6 is 0 Å². The monoisotopic (exact) mass is 347 g/mol. The topological polar surface area (TPSA) is 55.8 Å². The van der Waals surface area contributed by atoms with E-state index in [-0.39, 0.29) is 24.4 Å². The van der Waals surface area contributed by atoms with Gasteiger partial charge >= 0.3 is 5.97 Å². The summed E-state index contributed by atoms with van der Waals surface area (Å²) in [6.45, 7) is 7.56. The Labute approximate surface area is 150 Å². The number of carbonyl (C=O) groups excluding carboxylic acids is 2. The summed E-state index contributed by atoms with van der Waals surface area (Å²) in [5.41, 5.74) is 0.962. The van der Waals surface area contributed by atoms with E-state index in [1.54, 1.807) is 24.0 Å². The first kappa shape index (κ1) is 20.9. The lowest BCUT2D eigenvalue weighted by Crippen LogP contribution is -2.33. The van der Waals surface area contributed by atoms with E-state index < -0.39 is 0 Å². The van der Waals surface area contributed by atoms with Crippen molar-refractivity contribution in [3.05, 3.63) is 42.0 Å². The molecular formula is C20H29NO4. The summed E-state index contributed by atoms with van der Waals surface area (Å²) in [5, 5.41) is 0. The van der Waals surface area contributed by atoms with E-state index in [0.29, 0.717) is 26.3 Å². The number of carbonyl (C=O) groups is 2. The molecule has 5 heteroatoms. The van der Waals surface area contributed by atoms with E-state index in [1.165, 1.54) is 0 Å². The minimum absolute atomic E-state index is 0.113. The number of hydrogen-bond donors (Lipinski definition) is 0. The number of rotatable bonds is 11. The number of hydrogen-bond acceptors (Lipinski definition) is 4. The van der Waals surface area contributed by atoms with Crippen molar-refractivity contribution in [3.8, 4) is 0 Å². The summed E-state index contributed by atoms with van der Waals surface area (Å²) in [4.78, 5) is 25.7. The first-order valence-electron chi connectivity index (χ1n) is 8.82. The van der Waals surface area contributed by atoms with Gasteiger partial charge in [0.1, 0.15) is 0 Å². The summed E-state index contributed by atoms with van der Waals surface area (Å²) < 4.78 is 10.5. The highest BCUT2D eigenvalue weighted by atomic mass is 16.5. The third-order valence-electron chi connectivity index (χ3n) is 3.44. The van der Waals surface area contributed by atoms with Crippen molar-refractivity contribution in [3.63, 3.8) is 0 Å². The summed E-state index contributed by atoms with van der Waals surface area (Å²) in [6.07, 6.45) is 4.42. The SMILES string of the molecule is CCOC(=O)CCN(CCCOC(C)C)C(=O)/C=C/c1ccccc1. The van der Waals surface area contributed by atoms with Crippen LogP contribution in [0.15, 0.2) is 36.4 Å². The Morgan fingerprint density at radius 2 is 1.88 bits per heavy atom. The fourth-order valence-corrected chi connectivity index (χ4v) is 2.20. The predicted octanol–water partition coefficient (Wildman–Crippen LogP) is 3.30. The quantitative estimate of drug-likeness (QED) is 0.350. The summed E-state index contributed by atoms with van der Waals surface area (Å²) in [7, 11) is 0. The van der Waals surface area contributed by atoms with Gasteiger partial charge in [-0.2, -0.15) is 0 Å². The average molecular weight is 347 g/mol. The van der Waals surface area contributed by atoms with Gasteiger partial charge in [-0.05, 0) is 38.8 Å². The van der Waals surface area contributed by atoms with Crippen molar-refractivity contribution < 1.29 is 19.1 Å². The second-order valence-corrected chi connectivity index (χ2v) is 5.90. The van der Waals surface area contributed by atoms with Gasteiger partial charge in [0, 0.05) is 25.8 Å². The molecule has 25 heavy (non-hydrogen) atoms. The van der Waals surface area contributed by atoms with Gasteiger partial charge in [-0.25, -0.2) is 0 Å². The van der Waals surface area contributed by atoms with Crippen molar-refractivity contribution in [1.29, 1.82) is 0 Å². The largest absolute Gasteiger partial charge is 0.466 e. The first-order chi connectivity index (χ1) is 12.0. The third-order valence-corrected chi connectivity index (χ3v) is 3.44. The number of ether oxygens (including phenoxy) is 2. The Morgan fingerprint density at radius 3 is 2.52 bits per heavy atom. The normalized spacial score (nSPS) is 11.0. The van der Waals surface area contributed by atoms with E-state index in [2.05, 4.69) is 0 Å². The minimum atomic E-state index is -0.286. The van der Waals surface area contributed by atoms with Gasteiger partial charge in [-0.15, -0.1) is 0 Å². The van der Waals surface area contributed by atoms with E-state index in [1.807, 2.05) is 44.2 Å². The van der Waals surface area contributed by atoms with Gasteiger partial charge in [-0.1, -0.05) is 30.3 Å². The third kappa shape index (κ3) is 9.67. The van der Waals surface area contributed by atoms with E-state index in [0.717, 1.165) is 12.0 Å². The molecule has 0 aliphatic heterocycles. The maximum absolute atomic E-state index is 12.5. The van der Waals surface area contributed by atoms with Crippen LogP contribution in [0.25, 0.3) is 6.08 Å². The Balaban J connectivity index is 2.59. The molecular weight excluding hydrogens is 318 g/mol. The van der Waals surface area contributed by atoms with Gasteiger partial charge in [-0.3, -0.25) is 9.59 Å². The molecule has 0 radical (unpaired) electrons. The van der Waals surface area contributed by atoms with Crippen LogP contribution in [-0.4, -0.2) is 49.2 Å². The predicted molar refractivity (Wildman–Crippen MR) is 99.0 cm³/mol. The van der Waals surface area contributed by atoms with Crippen LogP contribution in [0, 0.1) is 0 Å². The highest BCUT2D eigenvalue weighted by Gasteiger charge is 2.13. The molecule has 5 nitrogen and oxygen atoms in total. The smallest absolute Gasteiger partial charge is 0.307 e. The van der Waals surface area contributed by atoms with Crippen LogP contribution in [0.2, 0.25) is 0 Å². The van der Waals surface area contributed by atoms with Crippen LogP contribution in [0.3, 0.4) is 0 Å². The first-order valence-corrected chi connectivity index (χ1v) is 8.82. The van der Waals surface area contributed by atoms with Gasteiger partial charge in [0.2, 0.25) is 5.91 Å². The maximum Gasteiger partial charge on any atom is 0.307 e. The second kappa shape index (κ2) is 12.3. The van der Waals surface area contributed by atoms with Crippen molar-refractivity contribution >= 4 is 18.0 Å². The molecule has 0 unspecified atom stereocenters. The fourth-order valence-electron chi connectivity index (χ4n) is 2.20. The summed E-state index contributed by atoms with van der Waals surface area (Å²) in [6, 6.07) is 9.64. The van der Waals surface area contributed by atoms with Crippen molar-refractivity contribution in [2.45, 2.75) is 39.7 Å². The lowest BCUT2D eigenvalue weighted by atomic mass is 10.2. The van der Waals surface area contributed by atoms with Gasteiger partial charge in [0.25, 0.3) is 0 Å². The van der Waals surface area contributed by atoms with Crippen LogP contribution in [0.1, 0.15) is 39.2 Å². The lowest BCUT2D eigenvalue weighted by molar-refractivity contribution is -0.143. The molecule has 0 aromatic heterocycles. The molecule has 1 aromatic carbocycles. The highest BCUT2D eigenvalue weighted by molar-refractivity contribution is 5.92. The molecule has 0 aliphatic carbocycles. The van der Waals surface area contributed by atoms with Gasteiger partial charge < -0.3 is 14.4 Å². The second-order valence-electron chi connectivity index (χ2n) is 5.90. The van der Waals surface area contributed by atoms with Crippen molar-refractivity contribution in [1.82, 2.24) is 4.90 Å². The highest BCUT2D eigenvalue weighted by Crippen LogP contribution is 2.04. The lowest BCUT2D eigenvalue weighted by Gasteiger charge is -2.21. The molecule has 138 valence electrons. The van der Waals surface area contributed by atoms with Gasteiger partial charge in [0.15, 0.2) is 0 Å². The Bertz CT molecular complexity index is 540. The molecule has 0 N–H and O–H groups in total. The summed E-state index contributed by atoms with van der Waals surface area (Å²) >= 11 is 0. The molecule has 0 aliphatic rings. The van der Waals surface area contributed by atoms with E-state index >= 15 is 0 Å². The number of nitrogens with zero attached hydrogens (tertiary/aromatic N) is 1. The van der Waals surface area contributed by atoms with Crippen LogP contribution in [0.5, 0.6) is 0 Å². The van der Waals surface area contributed by atoms with E-state index in [4.69, 9.17) is 9.47 Å². The zero-order chi connectivity index (χ0) is 18.5. The Kier molecular flexibility index (Phi) is 10.2. The van der Waals surface area contributed by atoms with Crippen LogP contribution < -0.4 is 0 Å². The van der Waals surface area contributed by atoms with Gasteiger partial charge in [0.05, 0.1) is 19.1 Å². The van der Waals surface area contributed by atoms with Crippen molar-refractivity contribution in [2.75, 3.05) is 26.3 Å². The molecule has 0 fully saturated rings. The van der Waals surface area contributed by atoms with Crippen molar-refractivity contribution in [2.24, 2.45) is 0 Å². The number of amides is 1. The fraction of sp³-hybridized carbons (Fsp3) is 0.500. The maximum atomic E-state index is 12.5. The van der Waals surface area contributed by atoms with E-state index in [9.17, 15) is 9.59 Å². The molecule has 0 heterocycles. The standard InChI is InChI=1S/C20H29NO4/c1-4-24-20(23)13-15-21(14-8-16-25-17(2)3)19(22)12-11-18-9-6-5-7-10-18/h5-7,9-12,17H,4,8,13-16H2,1-3H3/b12-11+. The minimum Gasteiger partial charge on any atom is -0.466 e. The van der Waals surface area contributed by atoms with Crippen LogP contribution in [-0.2, 0) is 19.1 Å². The molecule has 0 spiro atoms. The summed E-state index contributed by atoms with van der Waals surface area (Å²) in [5.74, 6) is -0.400. The zero-order valence-corrected chi connectivity index (χ0v) is 15.4. The Morgan fingerprint density at radius 1 is 1.16 bits per heavy atom.